The van der Waals surface area contributed by atoms with Crippen molar-refractivity contribution in [3.63, 3.8) is 0 Å². The molecule has 2 aromatic rings. The molecule has 1 aliphatic carbocycles. The van der Waals surface area contributed by atoms with Crippen molar-refractivity contribution in [2.45, 2.75) is 63.8 Å². The molecule has 5 rings (SSSR count). The molecule has 1 aromatic heterocycles. The van der Waals surface area contributed by atoms with Gasteiger partial charge in [0.15, 0.2) is 0 Å². The van der Waals surface area contributed by atoms with Crippen molar-refractivity contribution < 1.29 is 4.79 Å². The van der Waals surface area contributed by atoms with Crippen LogP contribution in [0, 0.1) is 5.92 Å². The molecule has 2 saturated heterocycles. The molecular weight excluding hydrogens is 348 g/mol. The van der Waals surface area contributed by atoms with Crippen LogP contribution in [0.3, 0.4) is 0 Å². The van der Waals surface area contributed by atoms with Gasteiger partial charge < -0.3 is 14.4 Å². The summed E-state index contributed by atoms with van der Waals surface area (Å²) < 4.78 is 2.51. The third kappa shape index (κ3) is 3.29. The van der Waals surface area contributed by atoms with Gasteiger partial charge in [-0.25, -0.2) is 4.98 Å². The molecule has 0 unspecified atom stereocenters. The lowest BCUT2D eigenvalue weighted by molar-refractivity contribution is -0.134. The first-order valence-electron chi connectivity index (χ1n) is 11.3. The molecule has 1 saturated carbocycles. The van der Waals surface area contributed by atoms with E-state index in [0.29, 0.717) is 11.9 Å². The van der Waals surface area contributed by atoms with Crippen LogP contribution in [0.4, 0.5) is 5.95 Å². The summed E-state index contributed by atoms with van der Waals surface area (Å²) in [6.45, 7) is 3.75. The van der Waals surface area contributed by atoms with Crippen molar-refractivity contribution in [3.8, 4) is 0 Å². The molecule has 1 aromatic carbocycles. The zero-order chi connectivity index (χ0) is 18.9. The summed E-state index contributed by atoms with van der Waals surface area (Å²) in [6.07, 6.45) is 10.9. The van der Waals surface area contributed by atoms with E-state index >= 15 is 0 Å². The third-order valence-corrected chi connectivity index (χ3v) is 6.99. The standard InChI is InChI=1S/C23H32N4O/c28-22(25-14-6-7-15-25)18-9-8-16-26(17-18)23-24-20-12-4-5-13-21(20)27(23)19-10-2-1-3-11-19/h4-5,12-13,18-19H,1-3,6-11,14-17H2/t18-/m1/s1. The normalized spacial score (nSPS) is 24.2. The number of hydrogen-bond acceptors (Lipinski definition) is 3. The number of carbonyl (C=O) groups is 1. The average Bonchev–Trinajstić information content (AvgIpc) is 3.42. The van der Waals surface area contributed by atoms with E-state index < -0.39 is 0 Å². The highest BCUT2D eigenvalue weighted by Crippen LogP contribution is 2.36. The lowest BCUT2D eigenvalue weighted by atomic mass is 9.94. The molecule has 5 nitrogen and oxygen atoms in total. The number of nitrogens with zero attached hydrogens (tertiary/aromatic N) is 4. The fourth-order valence-corrected chi connectivity index (χ4v) is 5.51. The number of fused-ring (bicyclic) bond motifs is 1. The van der Waals surface area contributed by atoms with Gasteiger partial charge in [0.25, 0.3) is 0 Å². The van der Waals surface area contributed by atoms with Crippen LogP contribution in [0.1, 0.15) is 63.8 Å². The second-order valence-corrected chi connectivity index (χ2v) is 8.88. The first kappa shape index (κ1) is 18.0. The third-order valence-electron chi connectivity index (χ3n) is 6.99. The van der Waals surface area contributed by atoms with E-state index in [1.54, 1.807) is 0 Å². The van der Waals surface area contributed by atoms with Crippen molar-refractivity contribution in [2.75, 3.05) is 31.1 Å². The predicted molar refractivity (Wildman–Crippen MR) is 113 cm³/mol. The average molecular weight is 381 g/mol. The van der Waals surface area contributed by atoms with E-state index in [1.807, 2.05) is 0 Å². The molecule has 28 heavy (non-hydrogen) atoms. The Labute approximate surface area is 167 Å². The number of amides is 1. The quantitative estimate of drug-likeness (QED) is 0.793. The minimum Gasteiger partial charge on any atom is -0.342 e. The van der Waals surface area contributed by atoms with Crippen LogP contribution < -0.4 is 4.90 Å². The van der Waals surface area contributed by atoms with Gasteiger partial charge in [0.2, 0.25) is 11.9 Å². The van der Waals surface area contributed by atoms with Gasteiger partial charge in [-0.1, -0.05) is 31.4 Å². The number of hydrogen-bond donors (Lipinski definition) is 0. The van der Waals surface area contributed by atoms with Gasteiger partial charge in [0, 0.05) is 32.2 Å². The van der Waals surface area contributed by atoms with Gasteiger partial charge in [-0.3, -0.25) is 4.79 Å². The van der Waals surface area contributed by atoms with Gasteiger partial charge in [0.1, 0.15) is 0 Å². The van der Waals surface area contributed by atoms with Crippen LogP contribution in [-0.2, 0) is 4.79 Å². The number of carbonyl (C=O) groups excluding carboxylic acids is 1. The fourth-order valence-electron chi connectivity index (χ4n) is 5.51. The SMILES string of the molecule is O=C([C@@H]1CCCN(c2nc3ccccc3n2C2CCCCC2)C1)N1CCCC1. The number of anilines is 1. The van der Waals surface area contributed by atoms with Crippen LogP contribution in [-0.4, -0.2) is 46.5 Å². The van der Waals surface area contributed by atoms with Gasteiger partial charge in [-0.05, 0) is 50.7 Å². The highest BCUT2D eigenvalue weighted by Gasteiger charge is 2.33. The molecule has 1 atom stereocenters. The molecule has 0 bridgehead atoms. The molecule has 0 radical (unpaired) electrons. The summed E-state index contributed by atoms with van der Waals surface area (Å²) >= 11 is 0. The predicted octanol–water partition coefficient (Wildman–Crippen LogP) is 4.38. The Kier molecular flexibility index (Phi) is 5.00. The lowest BCUT2D eigenvalue weighted by Gasteiger charge is -2.36. The molecule has 150 valence electrons. The van der Waals surface area contributed by atoms with E-state index in [4.69, 9.17) is 4.98 Å². The van der Waals surface area contributed by atoms with E-state index in [9.17, 15) is 4.79 Å². The van der Waals surface area contributed by atoms with Crippen molar-refractivity contribution in [1.82, 2.24) is 14.5 Å². The van der Waals surface area contributed by atoms with Crippen molar-refractivity contribution in [2.24, 2.45) is 5.92 Å². The minimum atomic E-state index is 0.131. The van der Waals surface area contributed by atoms with E-state index in [-0.39, 0.29) is 5.92 Å². The Morgan fingerprint density at radius 1 is 0.893 bits per heavy atom. The summed E-state index contributed by atoms with van der Waals surface area (Å²) in [4.78, 5) is 22.6. The summed E-state index contributed by atoms with van der Waals surface area (Å²) in [5.74, 6) is 1.61. The van der Waals surface area contributed by atoms with Crippen molar-refractivity contribution in [3.05, 3.63) is 24.3 Å². The van der Waals surface area contributed by atoms with Gasteiger partial charge in [-0.2, -0.15) is 0 Å². The lowest BCUT2D eigenvalue weighted by Crippen LogP contribution is -2.45. The van der Waals surface area contributed by atoms with E-state index in [2.05, 4.69) is 38.6 Å². The maximum atomic E-state index is 13.0. The number of benzene rings is 1. The summed E-state index contributed by atoms with van der Waals surface area (Å²) in [6, 6.07) is 9.11. The smallest absolute Gasteiger partial charge is 0.227 e. The summed E-state index contributed by atoms with van der Waals surface area (Å²) in [5.41, 5.74) is 2.36. The topological polar surface area (TPSA) is 41.4 Å². The highest BCUT2D eigenvalue weighted by molar-refractivity contribution is 5.81. The summed E-state index contributed by atoms with van der Waals surface area (Å²) in [5, 5.41) is 0. The number of rotatable bonds is 3. The zero-order valence-electron chi connectivity index (χ0n) is 16.9. The Morgan fingerprint density at radius 2 is 1.68 bits per heavy atom. The first-order chi connectivity index (χ1) is 13.8. The fraction of sp³-hybridized carbons (Fsp3) is 0.652. The van der Waals surface area contributed by atoms with Crippen molar-refractivity contribution in [1.29, 1.82) is 0 Å². The van der Waals surface area contributed by atoms with E-state index in [1.165, 1.54) is 50.5 Å². The molecule has 1 amide bonds. The van der Waals surface area contributed by atoms with Crippen LogP contribution in [0.2, 0.25) is 0 Å². The second kappa shape index (κ2) is 7.76. The van der Waals surface area contributed by atoms with E-state index in [0.717, 1.165) is 50.5 Å². The first-order valence-corrected chi connectivity index (χ1v) is 11.3. The summed E-state index contributed by atoms with van der Waals surface area (Å²) in [7, 11) is 0. The maximum Gasteiger partial charge on any atom is 0.227 e. The van der Waals surface area contributed by atoms with Crippen LogP contribution in [0.15, 0.2) is 24.3 Å². The number of aromatic nitrogens is 2. The Bertz CT molecular complexity index is 832. The highest BCUT2D eigenvalue weighted by atomic mass is 16.2. The molecule has 0 N–H and O–H groups in total. The number of piperidine rings is 1. The monoisotopic (exact) mass is 380 g/mol. The number of para-hydroxylation sites is 2. The van der Waals surface area contributed by atoms with Gasteiger partial charge in [0.05, 0.1) is 17.0 Å². The van der Waals surface area contributed by atoms with Crippen LogP contribution in [0.25, 0.3) is 11.0 Å². The van der Waals surface area contributed by atoms with Crippen LogP contribution >= 0.6 is 0 Å². The molecule has 2 aliphatic heterocycles. The van der Waals surface area contributed by atoms with Crippen molar-refractivity contribution >= 4 is 22.9 Å². The molecule has 3 aliphatic rings. The zero-order valence-corrected chi connectivity index (χ0v) is 16.9. The largest absolute Gasteiger partial charge is 0.342 e. The second-order valence-electron chi connectivity index (χ2n) is 8.88. The Balaban J connectivity index is 1.45. The molecule has 3 heterocycles. The number of imidazole rings is 1. The molecule has 5 heteroatoms. The van der Waals surface area contributed by atoms with Gasteiger partial charge in [-0.15, -0.1) is 0 Å². The maximum absolute atomic E-state index is 13.0. The molecular formula is C23H32N4O. The van der Waals surface area contributed by atoms with Crippen LogP contribution in [0.5, 0.6) is 0 Å². The Morgan fingerprint density at radius 3 is 2.50 bits per heavy atom. The molecule has 3 fully saturated rings. The van der Waals surface area contributed by atoms with Gasteiger partial charge >= 0.3 is 0 Å². The Hall–Kier alpha value is -2.04. The minimum absolute atomic E-state index is 0.131. The number of likely N-dealkylation sites (tertiary alicyclic amines) is 1. The molecule has 0 spiro atoms.